The van der Waals surface area contributed by atoms with Crippen molar-refractivity contribution in [3.63, 3.8) is 0 Å². The van der Waals surface area contributed by atoms with Gasteiger partial charge in [0.15, 0.2) is 6.10 Å². The lowest BCUT2D eigenvalue weighted by Gasteiger charge is -2.16. The summed E-state index contributed by atoms with van der Waals surface area (Å²) in [6.07, 6.45) is -0.598. The van der Waals surface area contributed by atoms with Crippen LogP contribution in [-0.4, -0.2) is 12.0 Å². The van der Waals surface area contributed by atoms with E-state index in [0.29, 0.717) is 5.75 Å². The van der Waals surface area contributed by atoms with E-state index in [2.05, 4.69) is 37.2 Å². The Hall–Kier alpha value is -1.33. The Kier molecular flexibility index (Phi) is 5.64. The highest BCUT2D eigenvalue weighted by Gasteiger charge is 2.16. The summed E-state index contributed by atoms with van der Waals surface area (Å²) in [5.74, 6) is 0.448. The van der Waals surface area contributed by atoms with Gasteiger partial charge >= 0.3 is 0 Å². The average molecular weight is 427 g/mol. The van der Waals surface area contributed by atoms with Crippen LogP contribution in [0.4, 0.5) is 5.69 Å². The smallest absolute Gasteiger partial charge is 0.265 e. The third kappa shape index (κ3) is 4.34. The van der Waals surface area contributed by atoms with Gasteiger partial charge in [0, 0.05) is 10.2 Å². The Balaban J connectivity index is 2.04. The number of rotatable bonds is 4. The van der Waals surface area contributed by atoms with Gasteiger partial charge in [-0.15, -0.1) is 0 Å². The molecule has 5 heteroatoms. The molecular formula is C17H17Br2NO2. The van der Waals surface area contributed by atoms with Gasteiger partial charge in [0.05, 0.1) is 4.47 Å². The first-order chi connectivity index (χ1) is 10.4. The molecule has 0 aliphatic rings. The molecule has 0 heterocycles. The van der Waals surface area contributed by atoms with E-state index in [1.165, 1.54) is 5.56 Å². The summed E-state index contributed by atoms with van der Waals surface area (Å²) >= 11 is 6.81. The number of hydrogen-bond acceptors (Lipinski definition) is 2. The van der Waals surface area contributed by atoms with Gasteiger partial charge < -0.3 is 10.1 Å². The van der Waals surface area contributed by atoms with Crippen LogP contribution in [0.2, 0.25) is 0 Å². The molecule has 22 heavy (non-hydrogen) atoms. The summed E-state index contributed by atoms with van der Waals surface area (Å²) in [4.78, 5) is 12.2. The van der Waals surface area contributed by atoms with Crippen molar-refractivity contribution in [3.05, 3.63) is 56.5 Å². The van der Waals surface area contributed by atoms with E-state index in [-0.39, 0.29) is 5.91 Å². The van der Waals surface area contributed by atoms with Crippen LogP contribution in [0.3, 0.4) is 0 Å². The minimum absolute atomic E-state index is 0.182. The highest BCUT2D eigenvalue weighted by molar-refractivity contribution is 9.11. The number of benzene rings is 2. The molecule has 2 aromatic carbocycles. The summed E-state index contributed by atoms with van der Waals surface area (Å²) in [5.41, 5.74) is 3.11. The summed E-state index contributed by atoms with van der Waals surface area (Å²) in [7, 11) is 0. The Morgan fingerprint density at radius 2 is 1.82 bits per heavy atom. The number of carbonyl (C=O) groups is 1. The molecule has 0 saturated heterocycles. The number of ether oxygens (including phenoxy) is 1. The lowest BCUT2D eigenvalue weighted by Crippen LogP contribution is -2.30. The molecule has 3 nitrogen and oxygen atoms in total. The lowest BCUT2D eigenvalue weighted by molar-refractivity contribution is -0.122. The maximum atomic E-state index is 12.2. The molecule has 0 aliphatic carbocycles. The molecule has 0 aromatic heterocycles. The number of amides is 1. The van der Waals surface area contributed by atoms with Gasteiger partial charge in [0.1, 0.15) is 5.75 Å². The molecule has 0 spiro atoms. The van der Waals surface area contributed by atoms with Crippen molar-refractivity contribution in [3.8, 4) is 5.75 Å². The van der Waals surface area contributed by atoms with E-state index in [1.807, 2.05) is 50.2 Å². The van der Waals surface area contributed by atoms with E-state index in [9.17, 15) is 4.79 Å². The van der Waals surface area contributed by atoms with Crippen molar-refractivity contribution in [2.75, 3.05) is 5.32 Å². The SMILES string of the molecule is Cc1ccc(NC(=O)[C@H](C)Oc2ccc(Br)cc2Br)cc1C. The second-order valence-corrected chi connectivity index (χ2v) is 6.89. The maximum Gasteiger partial charge on any atom is 0.265 e. The Labute approximate surface area is 147 Å². The predicted molar refractivity (Wildman–Crippen MR) is 96.5 cm³/mol. The Bertz CT molecular complexity index is 701. The lowest BCUT2D eigenvalue weighted by atomic mass is 10.1. The van der Waals surface area contributed by atoms with Crippen LogP contribution in [0.1, 0.15) is 18.1 Å². The fourth-order valence-corrected chi connectivity index (χ4v) is 3.02. The summed E-state index contributed by atoms with van der Waals surface area (Å²) in [6.45, 7) is 5.78. The Morgan fingerprint density at radius 3 is 2.45 bits per heavy atom. The van der Waals surface area contributed by atoms with Gasteiger partial charge in [-0.2, -0.15) is 0 Å². The van der Waals surface area contributed by atoms with Gasteiger partial charge in [-0.3, -0.25) is 4.79 Å². The standard InChI is InChI=1S/C17H17Br2NO2/c1-10-4-6-14(8-11(10)2)20-17(21)12(3)22-16-7-5-13(18)9-15(16)19/h4-9,12H,1-3H3,(H,20,21)/t12-/m0/s1. The van der Waals surface area contributed by atoms with Crippen molar-refractivity contribution in [2.24, 2.45) is 0 Å². The van der Waals surface area contributed by atoms with Gasteiger partial charge in [-0.25, -0.2) is 0 Å². The predicted octanol–water partition coefficient (Wildman–Crippen LogP) is 5.23. The second-order valence-electron chi connectivity index (χ2n) is 5.12. The molecule has 0 aliphatic heterocycles. The zero-order valence-corrected chi connectivity index (χ0v) is 15.8. The van der Waals surface area contributed by atoms with Crippen LogP contribution in [0.5, 0.6) is 5.75 Å². The maximum absolute atomic E-state index is 12.2. The summed E-state index contributed by atoms with van der Waals surface area (Å²) in [6, 6.07) is 11.4. The average Bonchev–Trinajstić information content (AvgIpc) is 2.45. The molecule has 2 aromatic rings. The summed E-state index contributed by atoms with van der Waals surface area (Å²) in [5, 5.41) is 2.87. The monoisotopic (exact) mass is 425 g/mol. The molecule has 2 rings (SSSR count). The first-order valence-electron chi connectivity index (χ1n) is 6.86. The molecular weight excluding hydrogens is 410 g/mol. The van der Waals surface area contributed by atoms with E-state index >= 15 is 0 Å². The third-order valence-electron chi connectivity index (χ3n) is 3.34. The molecule has 1 atom stereocenters. The second kappa shape index (κ2) is 7.29. The largest absolute Gasteiger partial charge is 0.480 e. The van der Waals surface area contributed by atoms with Gasteiger partial charge in [0.2, 0.25) is 0 Å². The van der Waals surface area contributed by atoms with E-state index in [1.54, 1.807) is 6.92 Å². The number of anilines is 1. The van der Waals surface area contributed by atoms with Crippen molar-refractivity contribution in [1.82, 2.24) is 0 Å². The van der Waals surface area contributed by atoms with E-state index in [0.717, 1.165) is 20.2 Å². The van der Waals surface area contributed by atoms with Crippen LogP contribution in [0.15, 0.2) is 45.3 Å². The fraction of sp³-hybridized carbons (Fsp3) is 0.235. The van der Waals surface area contributed by atoms with Crippen LogP contribution in [0, 0.1) is 13.8 Å². The topological polar surface area (TPSA) is 38.3 Å². The van der Waals surface area contributed by atoms with Crippen LogP contribution >= 0.6 is 31.9 Å². The Morgan fingerprint density at radius 1 is 1.09 bits per heavy atom. The summed E-state index contributed by atoms with van der Waals surface area (Å²) < 4.78 is 7.45. The number of hydrogen-bond donors (Lipinski definition) is 1. The van der Waals surface area contributed by atoms with Crippen molar-refractivity contribution >= 4 is 43.5 Å². The van der Waals surface area contributed by atoms with Crippen molar-refractivity contribution in [1.29, 1.82) is 0 Å². The van der Waals surface area contributed by atoms with Crippen LogP contribution < -0.4 is 10.1 Å². The first-order valence-corrected chi connectivity index (χ1v) is 8.45. The number of nitrogens with one attached hydrogen (secondary N) is 1. The molecule has 116 valence electrons. The molecule has 1 N–H and O–H groups in total. The fourth-order valence-electron chi connectivity index (χ4n) is 1.88. The third-order valence-corrected chi connectivity index (χ3v) is 4.45. The molecule has 0 saturated carbocycles. The van der Waals surface area contributed by atoms with Gasteiger partial charge in [0.25, 0.3) is 5.91 Å². The minimum atomic E-state index is -0.598. The van der Waals surface area contributed by atoms with E-state index in [4.69, 9.17) is 4.74 Å². The van der Waals surface area contributed by atoms with Crippen molar-refractivity contribution < 1.29 is 9.53 Å². The van der Waals surface area contributed by atoms with Crippen LogP contribution in [-0.2, 0) is 4.79 Å². The quantitative estimate of drug-likeness (QED) is 0.726. The first kappa shape index (κ1) is 17.0. The van der Waals surface area contributed by atoms with E-state index < -0.39 is 6.10 Å². The normalized spacial score (nSPS) is 11.9. The molecule has 0 unspecified atom stereocenters. The minimum Gasteiger partial charge on any atom is -0.480 e. The number of halogens is 2. The van der Waals surface area contributed by atoms with Gasteiger partial charge in [-0.05, 0) is 78.2 Å². The number of carbonyl (C=O) groups excluding carboxylic acids is 1. The molecule has 1 amide bonds. The van der Waals surface area contributed by atoms with Crippen LogP contribution in [0.25, 0.3) is 0 Å². The number of aryl methyl sites for hydroxylation is 2. The molecule has 0 bridgehead atoms. The van der Waals surface area contributed by atoms with Crippen molar-refractivity contribution in [2.45, 2.75) is 26.9 Å². The zero-order chi connectivity index (χ0) is 16.3. The van der Waals surface area contributed by atoms with Gasteiger partial charge in [-0.1, -0.05) is 22.0 Å². The molecule has 0 fully saturated rings. The highest BCUT2D eigenvalue weighted by Crippen LogP contribution is 2.29. The molecule has 0 radical (unpaired) electrons. The zero-order valence-electron chi connectivity index (χ0n) is 12.6. The highest BCUT2D eigenvalue weighted by atomic mass is 79.9.